The average molecular weight is 498 g/mol. The van der Waals surface area contributed by atoms with Gasteiger partial charge < -0.3 is 5.11 Å². The Hall–Kier alpha value is -2.30. The van der Waals surface area contributed by atoms with Crippen molar-refractivity contribution in [1.82, 2.24) is 4.98 Å². The van der Waals surface area contributed by atoms with E-state index >= 15 is 0 Å². The molecule has 0 aliphatic carbocycles. The number of halogens is 2. The van der Waals surface area contributed by atoms with Crippen LogP contribution in [0.4, 0.5) is 10.8 Å². The largest absolute Gasteiger partial charge is 0.506 e. The second kappa shape index (κ2) is 7.94. The van der Waals surface area contributed by atoms with Gasteiger partial charge in [0.2, 0.25) is 5.13 Å². The SMILES string of the molecule is O=[N+]([O-])c1ccc(-c2csc(N/N=C/c3cc(Br)cc(Br)c3O)n2)cc1. The first kappa shape index (κ1) is 18.5. The van der Waals surface area contributed by atoms with Crippen molar-refractivity contribution in [2.45, 2.75) is 0 Å². The number of thiazole rings is 1. The van der Waals surface area contributed by atoms with E-state index in [0.29, 0.717) is 20.9 Å². The van der Waals surface area contributed by atoms with Gasteiger partial charge in [-0.05, 0) is 40.2 Å². The summed E-state index contributed by atoms with van der Waals surface area (Å²) >= 11 is 7.96. The summed E-state index contributed by atoms with van der Waals surface area (Å²) in [6, 6.07) is 9.64. The number of non-ortho nitro benzene ring substituents is 1. The number of hydrogen-bond donors (Lipinski definition) is 2. The first-order valence-corrected chi connectivity index (χ1v) is 9.58. The fraction of sp³-hybridized carbons (Fsp3) is 0. The lowest BCUT2D eigenvalue weighted by molar-refractivity contribution is -0.384. The van der Waals surface area contributed by atoms with E-state index < -0.39 is 4.92 Å². The van der Waals surface area contributed by atoms with Gasteiger partial charge >= 0.3 is 0 Å². The van der Waals surface area contributed by atoms with E-state index in [9.17, 15) is 15.2 Å². The van der Waals surface area contributed by atoms with Gasteiger partial charge in [0.1, 0.15) is 5.75 Å². The number of anilines is 1. The predicted molar refractivity (Wildman–Crippen MR) is 109 cm³/mol. The molecule has 0 bridgehead atoms. The topological polar surface area (TPSA) is 101 Å². The standard InChI is InChI=1S/C16H10Br2N4O3S/c17-11-5-10(15(23)13(18)6-11)7-19-21-16-20-14(8-26-16)9-1-3-12(4-2-9)22(24)25/h1-8,23H,(H,20,21)/b19-7+. The van der Waals surface area contributed by atoms with E-state index in [-0.39, 0.29) is 11.4 Å². The highest BCUT2D eigenvalue weighted by molar-refractivity contribution is 9.11. The van der Waals surface area contributed by atoms with E-state index in [2.05, 4.69) is 47.4 Å². The molecule has 1 aromatic heterocycles. The normalized spacial score (nSPS) is 11.0. The molecule has 3 rings (SSSR count). The number of aromatic nitrogens is 1. The lowest BCUT2D eigenvalue weighted by atomic mass is 10.1. The quantitative estimate of drug-likeness (QED) is 0.279. The highest BCUT2D eigenvalue weighted by atomic mass is 79.9. The average Bonchev–Trinajstić information content (AvgIpc) is 3.08. The number of rotatable bonds is 5. The highest BCUT2D eigenvalue weighted by Gasteiger charge is 2.08. The van der Waals surface area contributed by atoms with Gasteiger partial charge in [-0.15, -0.1) is 11.3 Å². The molecule has 2 N–H and O–H groups in total. The van der Waals surface area contributed by atoms with E-state index in [0.717, 1.165) is 10.0 Å². The van der Waals surface area contributed by atoms with Gasteiger partial charge in [0, 0.05) is 33.1 Å². The van der Waals surface area contributed by atoms with Crippen molar-refractivity contribution in [3.8, 4) is 17.0 Å². The third-order valence-corrected chi connectivity index (χ3v) is 5.11. The first-order chi connectivity index (χ1) is 12.4. The fourth-order valence-electron chi connectivity index (χ4n) is 2.05. The molecule has 0 aliphatic heterocycles. The molecule has 1 heterocycles. The number of nitrogens with one attached hydrogen (secondary N) is 1. The Kier molecular flexibility index (Phi) is 5.64. The molecule has 0 atom stereocenters. The van der Waals surface area contributed by atoms with Crippen LogP contribution in [0, 0.1) is 10.1 Å². The van der Waals surface area contributed by atoms with Crippen LogP contribution in [-0.2, 0) is 0 Å². The van der Waals surface area contributed by atoms with Crippen LogP contribution in [-0.4, -0.2) is 21.2 Å². The van der Waals surface area contributed by atoms with Crippen molar-refractivity contribution < 1.29 is 10.0 Å². The Morgan fingerprint density at radius 1 is 1.27 bits per heavy atom. The molecular formula is C16H10Br2N4O3S. The summed E-state index contributed by atoms with van der Waals surface area (Å²) < 4.78 is 1.36. The maximum atomic E-state index is 10.7. The van der Waals surface area contributed by atoms with Crippen LogP contribution in [0.5, 0.6) is 5.75 Å². The molecule has 2 aromatic carbocycles. The Bertz CT molecular complexity index is 990. The minimum absolute atomic E-state index is 0.0342. The van der Waals surface area contributed by atoms with Crippen LogP contribution < -0.4 is 5.43 Å². The van der Waals surface area contributed by atoms with Crippen molar-refractivity contribution in [2.24, 2.45) is 5.10 Å². The lowest BCUT2D eigenvalue weighted by Crippen LogP contribution is -1.91. The monoisotopic (exact) mass is 496 g/mol. The molecule has 132 valence electrons. The van der Waals surface area contributed by atoms with Crippen LogP contribution in [0.1, 0.15) is 5.56 Å². The first-order valence-electron chi connectivity index (χ1n) is 7.11. The minimum Gasteiger partial charge on any atom is -0.506 e. The smallest absolute Gasteiger partial charge is 0.269 e. The molecule has 0 radical (unpaired) electrons. The van der Waals surface area contributed by atoms with Crippen LogP contribution in [0.15, 0.2) is 55.8 Å². The van der Waals surface area contributed by atoms with E-state index in [1.807, 2.05) is 5.38 Å². The molecule has 0 saturated carbocycles. The number of hydrazone groups is 1. The van der Waals surface area contributed by atoms with E-state index in [4.69, 9.17) is 0 Å². The number of phenols is 1. The third-order valence-electron chi connectivity index (χ3n) is 3.30. The summed E-state index contributed by atoms with van der Waals surface area (Å²) in [7, 11) is 0. The highest BCUT2D eigenvalue weighted by Crippen LogP contribution is 2.31. The van der Waals surface area contributed by atoms with Gasteiger partial charge in [0.15, 0.2) is 0 Å². The molecule has 0 aliphatic rings. The second-order valence-electron chi connectivity index (χ2n) is 5.04. The maximum absolute atomic E-state index is 10.7. The third kappa shape index (κ3) is 4.26. The van der Waals surface area contributed by atoms with E-state index in [1.54, 1.807) is 24.3 Å². The number of nitro benzene ring substituents is 1. The Morgan fingerprint density at radius 3 is 2.69 bits per heavy atom. The molecule has 3 aromatic rings. The molecular weight excluding hydrogens is 488 g/mol. The lowest BCUT2D eigenvalue weighted by Gasteiger charge is -2.02. The van der Waals surface area contributed by atoms with Crippen molar-refractivity contribution >= 4 is 60.2 Å². The Labute approximate surface area is 168 Å². The Balaban J connectivity index is 1.72. The summed E-state index contributed by atoms with van der Waals surface area (Å²) in [6.07, 6.45) is 1.48. The van der Waals surface area contributed by atoms with Crippen LogP contribution in [0.25, 0.3) is 11.3 Å². The van der Waals surface area contributed by atoms with Crippen LogP contribution in [0.3, 0.4) is 0 Å². The van der Waals surface area contributed by atoms with E-state index in [1.165, 1.54) is 29.7 Å². The number of aromatic hydroxyl groups is 1. The fourth-order valence-corrected chi connectivity index (χ4v) is 3.98. The van der Waals surface area contributed by atoms with Crippen molar-refractivity contribution in [2.75, 3.05) is 5.43 Å². The maximum Gasteiger partial charge on any atom is 0.269 e. The van der Waals surface area contributed by atoms with Gasteiger partial charge in [0.25, 0.3) is 5.69 Å². The Morgan fingerprint density at radius 2 is 2.00 bits per heavy atom. The van der Waals surface area contributed by atoms with Gasteiger partial charge in [-0.2, -0.15) is 5.10 Å². The molecule has 0 fully saturated rings. The zero-order valence-corrected chi connectivity index (χ0v) is 16.9. The van der Waals surface area contributed by atoms with Gasteiger partial charge in [-0.1, -0.05) is 15.9 Å². The number of hydrogen-bond acceptors (Lipinski definition) is 7. The summed E-state index contributed by atoms with van der Waals surface area (Å²) in [6.45, 7) is 0. The summed E-state index contributed by atoms with van der Waals surface area (Å²) in [5, 5.41) is 27.1. The molecule has 26 heavy (non-hydrogen) atoms. The number of nitrogens with zero attached hydrogens (tertiary/aromatic N) is 3. The molecule has 0 unspecified atom stereocenters. The summed E-state index contributed by atoms with van der Waals surface area (Å²) in [5.41, 5.74) is 4.84. The van der Waals surface area contributed by atoms with Crippen molar-refractivity contribution in [3.63, 3.8) is 0 Å². The molecule has 10 heteroatoms. The van der Waals surface area contributed by atoms with Gasteiger partial charge in [0.05, 0.1) is 21.3 Å². The minimum atomic E-state index is -0.442. The number of phenolic OH excluding ortho intramolecular Hbond substituents is 1. The van der Waals surface area contributed by atoms with Crippen LogP contribution in [0.2, 0.25) is 0 Å². The second-order valence-corrected chi connectivity index (χ2v) is 7.67. The molecule has 0 spiro atoms. The summed E-state index contributed by atoms with van der Waals surface area (Å²) in [5.74, 6) is 0.0875. The number of nitro groups is 1. The zero-order chi connectivity index (χ0) is 18.7. The molecule has 0 saturated heterocycles. The zero-order valence-electron chi connectivity index (χ0n) is 12.9. The molecule has 7 nitrogen and oxygen atoms in total. The molecule has 0 amide bonds. The van der Waals surface area contributed by atoms with Crippen LogP contribution >= 0.6 is 43.2 Å². The van der Waals surface area contributed by atoms with Gasteiger partial charge in [-0.3, -0.25) is 15.5 Å². The van der Waals surface area contributed by atoms with Crippen molar-refractivity contribution in [1.29, 1.82) is 0 Å². The predicted octanol–water partition coefficient (Wildman–Crippen LogP) is 5.39. The summed E-state index contributed by atoms with van der Waals surface area (Å²) in [4.78, 5) is 14.6. The van der Waals surface area contributed by atoms with Gasteiger partial charge in [-0.25, -0.2) is 4.98 Å². The van der Waals surface area contributed by atoms with Crippen molar-refractivity contribution in [3.05, 3.63) is 66.4 Å². The number of benzene rings is 2.